The van der Waals surface area contributed by atoms with Gasteiger partial charge in [0.15, 0.2) is 0 Å². The molecule has 2 aromatic carbocycles. The Labute approximate surface area is 114 Å². The highest BCUT2D eigenvalue weighted by atomic mass is 19.1. The molecule has 0 saturated heterocycles. The molecular weight excluding hydrogens is 257 g/mol. The van der Waals surface area contributed by atoms with E-state index in [9.17, 15) is 9.18 Å². The Morgan fingerprint density at radius 2 is 1.95 bits per heavy atom. The molecule has 0 radical (unpaired) electrons. The second-order valence-corrected chi connectivity index (χ2v) is 4.42. The summed E-state index contributed by atoms with van der Waals surface area (Å²) in [5, 5.41) is 10.6. The van der Waals surface area contributed by atoms with Crippen molar-refractivity contribution in [3.63, 3.8) is 0 Å². The highest BCUT2D eigenvalue weighted by molar-refractivity contribution is 6.01. The molecular formula is C15H12FN3O. The summed E-state index contributed by atoms with van der Waals surface area (Å²) in [6.07, 6.45) is 0. The Bertz CT molecular complexity index is 777. The number of hydrogen-bond donors (Lipinski definition) is 2. The number of aromatic nitrogens is 2. The van der Waals surface area contributed by atoms with Gasteiger partial charge in [-0.3, -0.25) is 9.89 Å². The first-order chi connectivity index (χ1) is 9.69. The number of fused-ring (bicyclic) bond motifs is 1. The van der Waals surface area contributed by atoms with E-state index in [1.807, 2.05) is 0 Å². The first-order valence-electron chi connectivity index (χ1n) is 6.15. The number of carbonyl (C=O) groups excluding carboxylic acids is 1. The summed E-state index contributed by atoms with van der Waals surface area (Å²) in [5.74, 6) is -0.446. The molecule has 4 nitrogen and oxygen atoms in total. The van der Waals surface area contributed by atoms with E-state index in [1.165, 1.54) is 12.1 Å². The van der Waals surface area contributed by atoms with Crippen LogP contribution in [-0.2, 0) is 0 Å². The van der Waals surface area contributed by atoms with E-state index >= 15 is 0 Å². The predicted molar refractivity (Wildman–Crippen MR) is 74.9 cm³/mol. The molecule has 0 aliphatic heterocycles. The third-order valence-corrected chi connectivity index (χ3v) is 3.17. The third-order valence-electron chi connectivity index (χ3n) is 3.17. The molecule has 20 heavy (non-hydrogen) atoms. The van der Waals surface area contributed by atoms with Gasteiger partial charge in [-0.1, -0.05) is 0 Å². The summed E-state index contributed by atoms with van der Waals surface area (Å²) < 4.78 is 13.0. The van der Waals surface area contributed by atoms with Crippen molar-refractivity contribution in [2.24, 2.45) is 0 Å². The molecule has 0 unspecified atom stereocenters. The fourth-order valence-electron chi connectivity index (χ4n) is 2.13. The molecule has 2 N–H and O–H groups in total. The topological polar surface area (TPSA) is 57.8 Å². The molecule has 1 aromatic heterocycles. The average molecular weight is 269 g/mol. The maximum Gasteiger partial charge on any atom is 0.251 e. The van der Waals surface area contributed by atoms with Gasteiger partial charge in [-0.15, -0.1) is 0 Å². The summed E-state index contributed by atoms with van der Waals surface area (Å²) in [5.41, 5.74) is 2.89. The van der Waals surface area contributed by atoms with E-state index in [0.717, 1.165) is 16.5 Å². The zero-order valence-corrected chi connectivity index (χ0v) is 10.8. The standard InChI is InChI=1S/C15H12FN3O/c1-17-15(20)10-4-7-13-12(8-10)14(19-18-13)9-2-5-11(16)6-3-9/h2-8H,1H3,(H,17,20)(H,18,19). The third kappa shape index (κ3) is 2.03. The molecule has 0 fully saturated rings. The van der Waals surface area contributed by atoms with Crippen LogP contribution in [0.2, 0.25) is 0 Å². The number of halogens is 1. The first kappa shape index (κ1) is 12.3. The maximum absolute atomic E-state index is 13.0. The van der Waals surface area contributed by atoms with Gasteiger partial charge in [0, 0.05) is 23.6 Å². The minimum atomic E-state index is -0.292. The van der Waals surface area contributed by atoms with E-state index in [1.54, 1.807) is 37.4 Å². The van der Waals surface area contributed by atoms with E-state index in [4.69, 9.17) is 0 Å². The summed E-state index contributed by atoms with van der Waals surface area (Å²) in [4.78, 5) is 11.7. The molecule has 0 saturated carbocycles. The number of amides is 1. The molecule has 3 aromatic rings. The van der Waals surface area contributed by atoms with Gasteiger partial charge in [-0.05, 0) is 42.5 Å². The molecule has 1 heterocycles. The quantitative estimate of drug-likeness (QED) is 0.751. The fourth-order valence-corrected chi connectivity index (χ4v) is 2.13. The molecule has 0 spiro atoms. The summed E-state index contributed by atoms with van der Waals surface area (Å²) in [6, 6.07) is 11.4. The minimum Gasteiger partial charge on any atom is -0.355 e. The Morgan fingerprint density at radius 3 is 2.65 bits per heavy atom. The number of carbonyl (C=O) groups is 1. The fraction of sp³-hybridized carbons (Fsp3) is 0.0667. The number of nitrogens with one attached hydrogen (secondary N) is 2. The molecule has 0 aliphatic carbocycles. The zero-order valence-electron chi connectivity index (χ0n) is 10.8. The van der Waals surface area contributed by atoms with Crippen LogP contribution >= 0.6 is 0 Å². The predicted octanol–water partition coefficient (Wildman–Crippen LogP) is 2.73. The lowest BCUT2D eigenvalue weighted by Crippen LogP contribution is -2.17. The molecule has 1 amide bonds. The number of aromatic amines is 1. The maximum atomic E-state index is 13.0. The van der Waals surface area contributed by atoms with Crippen molar-refractivity contribution in [3.8, 4) is 11.3 Å². The van der Waals surface area contributed by atoms with Crippen molar-refractivity contribution in [2.75, 3.05) is 7.05 Å². The lowest BCUT2D eigenvalue weighted by Gasteiger charge is -2.01. The van der Waals surface area contributed by atoms with Crippen molar-refractivity contribution in [3.05, 3.63) is 53.8 Å². The highest BCUT2D eigenvalue weighted by Crippen LogP contribution is 2.27. The molecule has 5 heteroatoms. The number of nitrogens with zero attached hydrogens (tertiary/aromatic N) is 1. The Kier molecular flexibility index (Phi) is 2.95. The van der Waals surface area contributed by atoms with Crippen LogP contribution in [0.5, 0.6) is 0 Å². The number of hydrogen-bond acceptors (Lipinski definition) is 2. The largest absolute Gasteiger partial charge is 0.355 e. The van der Waals surface area contributed by atoms with E-state index in [-0.39, 0.29) is 11.7 Å². The van der Waals surface area contributed by atoms with Crippen LogP contribution in [0.1, 0.15) is 10.4 Å². The van der Waals surface area contributed by atoms with Gasteiger partial charge >= 0.3 is 0 Å². The number of H-pyrrole nitrogens is 1. The SMILES string of the molecule is CNC(=O)c1ccc2[nH]nc(-c3ccc(F)cc3)c2c1. The van der Waals surface area contributed by atoms with Crippen LogP contribution < -0.4 is 5.32 Å². The lowest BCUT2D eigenvalue weighted by molar-refractivity contribution is 0.0963. The monoisotopic (exact) mass is 269 g/mol. The van der Waals surface area contributed by atoms with E-state index in [0.29, 0.717) is 11.3 Å². The smallest absolute Gasteiger partial charge is 0.251 e. The second-order valence-electron chi connectivity index (χ2n) is 4.42. The summed E-state index contributed by atoms with van der Waals surface area (Å²) in [7, 11) is 1.59. The van der Waals surface area contributed by atoms with Crippen molar-refractivity contribution in [1.29, 1.82) is 0 Å². The first-order valence-corrected chi connectivity index (χ1v) is 6.15. The summed E-state index contributed by atoms with van der Waals surface area (Å²) in [6.45, 7) is 0. The van der Waals surface area contributed by atoms with Gasteiger partial charge in [0.2, 0.25) is 0 Å². The molecule has 0 bridgehead atoms. The van der Waals surface area contributed by atoms with Gasteiger partial charge in [0.05, 0.1) is 11.2 Å². The van der Waals surface area contributed by atoms with Crippen LogP contribution in [0.4, 0.5) is 4.39 Å². The average Bonchev–Trinajstić information content (AvgIpc) is 2.90. The summed E-state index contributed by atoms with van der Waals surface area (Å²) >= 11 is 0. The number of rotatable bonds is 2. The highest BCUT2D eigenvalue weighted by Gasteiger charge is 2.11. The van der Waals surface area contributed by atoms with Crippen LogP contribution in [0, 0.1) is 5.82 Å². The van der Waals surface area contributed by atoms with Gasteiger partial charge in [0.25, 0.3) is 5.91 Å². The molecule has 100 valence electrons. The van der Waals surface area contributed by atoms with Gasteiger partial charge < -0.3 is 5.32 Å². The van der Waals surface area contributed by atoms with Crippen LogP contribution in [0.25, 0.3) is 22.2 Å². The van der Waals surface area contributed by atoms with Crippen molar-refractivity contribution in [2.45, 2.75) is 0 Å². The molecule has 0 aliphatic rings. The molecule has 3 rings (SSSR count). The number of benzene rings is 2. The Morgan fingerprint density at radius 1 is 1.20 bits per heavy atom. The van der Waals surface area contributed by atoms with Crippen molar-refractivity contribution >= 4 is 16.8 Å². The van der Waals surface area contributed by atoms with E-state index in [2.05, 4.69) is 15.5 Å². The van der Waals surface area contributed by atoms with Crippen molar-refractivity contribution in [1.82, 2.24) is 15.5 Å². The normalized spacial score (nSPS) is 10.7. The lowest BCUT2D eigenvalue weighted by atomic mass is 10.1. The van der Waals surface area contributed by atoms with Crippen LogP contribution in [0.15, 0.2) is 42.5 Å². The van der Waals surface area contributed by atoms with Gasteiger partial charge in [-0.2, -0.15) is 5.10 Å². The van der Waals surface area contributed by atoms with Gasteiger partial charge in [0.1, 0.15) is 5.82 Å². The Balaban J connectivity index is 2.16. The van der Waals surface area contributed by atoms with Crippen LogP contribution in [-0.4, -0.2) is 23.2 Å². The van der Waals surface area contributed by atoms with Crippen LogP contribution in [0.3, 0.4) is 0 Å². The zero-order chi connectivity index (χ0) is 14.1. The second kappa shape index (κ2) is 4.77. The minimum absolute atomic E-state index is 0.154. The molecule has 0 atom stereocenters. The van der Waals surface area contributed by atoms with Gasteiger partial charge in [-0.25, -0.2) is 4.39 Å². The Hall–Kier alpha value is -2.69. The van der Waals surface area contributed by atoms with E-state index < -0.39 is 0 Å². The van der Waals surface area contributed by atoms with Crippen molar-refractivity contribution < 1.29 is 9.18 Å².